The highest BCUT2D eigenvalue weighted by molar-refractivity contribution is 6.20. The molecule has 2 saturated carbocycles. The Labute approximate surface area is 134 Å². The number of hydrogen-bond acceptors (Lipinski definition) is 4. The van der Waals surface area contributed by atoms with Crippen LogP contribution in [0.25, 0.3) is 0 Å². The lowest BCUT2D eigenvalue weighted by molar-refractivity contribution is -0.142. The van der Waals surface area contributed by atoms with Gasteiger partial charge in [0.25, 0.3) is 0 Å². The van der Waals surface area contributed by atoms with Gasteiger partial charge >= 0.3 is 5.97 Å². The molecule has 1 saturated heterocycles. The molecule has 6 nitrogen and oxygen atoms in total. The molecule has 3 aliphatic rings. The van der Waals surface area contributed by atoms with Crippen molar-refractivity contribution in [2.75, 3.05) is 0 Å². The molecule has 2 N–H and O–H groups in total. The molecule has 122 valence electrons. The van der Waals surface area contributed by atoms with Gasteiger partial charge in [-0.05, 0) is 44.9 Å². The number of carbonyl (C=O) groups excluding carboxylic acids is 1. The molecular formula is C15H22ClN3O3. The Kier molecular flexibility index (Phi) is 4.66. The molecule has 2 aliphatic carbocycles. The molecule has 0 aromatic rings. The standard InChI is InChI=1S/C15H22ClN3O3/c16-9-3-6-12-11(7-9)13(14(20)17-12)19-18-10-4-1-8(2-5-10)15(21)22/h8-13H,1-7H2,(H,17,20)(H,21,22). The Morgan fingerprint density at radius 2 is 1.86 bits per heavy atom. The van der Waals surface area contributed by atoms with E-state index in [4.69, 9.17) is 16.7 Å². The zero-order valence-electron chi connectivity index (χ0n) is 12.4. The fourth-order valence-electron chi connectivity index (χ4n) is 3.89. The molecule has 7 heteroatoms. The number of fused-ring (bicyclic) bond motifs is 1. The molecule has 3 fully saturated rings. The zero-order chi connectivity index (χ0) is 15.7. The number of carboxylic acid groups (broad SMARTS) is 1. The first-order valence-electron chi connectivity index (χ1n) is 8.12. The summed E-state index contributed by atoms with van der Waals surface area (Å²) in [4.78, 5) is 23.0. The third kappa shape index (κ3) is 3.26. The fraction of sp³-hybridized carbons (Fsp3) is 0.867. The summed E-state index contributed by atoms with van der Waals surface area (Å²) < 4.78 is 0. The van der Waals surface area contributed by atoms with Crippen LogP contribution in [0.5, 0.6) is 0 Å². The maximum absolute atomic E-state index is 12.1. The summed E-state index contributed by atoms with van der Waals surface area (Å²) in [5, 5.41) is 20.8. The van der Waals surface area contributed by atoms with E-state index in [-0.39, 0.29) is 35.2 Å². The average Bonchev–Trinajstić information content (AvgIpc) is 2.80. The monoisotopic (exact) mass is 327 g/mol. The van der Waals surface area contributed by atoms with Crippen LogP contribution in [0, 0.1) is 11.8 Å². The van der Waals surface area contributed by atoms with E-state index < -0.39 is 12.0 Å². The predicted molar refractivity (Wildman–Crippen MR) is 80.9 cm³/mol. The van der Waals surface area contributed by atoms with E-state index in [1.807, 2.05) is 0 Å². The summed E-state index contributed by atoms with van der Waals surface area (Å²) in [5.41, 5.74) is 0. The molecule has 1 heterocycles. The van der Waals surface area contributed by atoms with Crippen LogP contribution in [0.4, 0.5) is 0 Å². The van der Waals surface area contributed by atoms with Gasteiger partial charge in [0.1, 0.15) is 0 Å². The van der Waals surface area contributed by atoms with Crippen LogP contribution >= 0.6 is 11.6 Å². The van der Waals surface area contributed by atoms with Gasteiger partial charge in [0.2, 0.25) is 5.91 Å². The van der Waals surface area contributed by atoms with Gasteiger partial charge in [-0.1, -0.05) is 0 Å². The Balaban J connectivity index is 1.58. The number of nitrogens with zero attached hydrogens (tertiary/aromatic N) is 2. The van der Waals surface area contributed by atoms with Crippen LogP contribution in [-0.4, -0.2) is 40.5 Å². The van der Waals surface area contributed by atoms with E-state index >= 15 is 0 Å². The number of aliphatic carboxylic acids is 1. The molecule has 22 heavy (non-hydrogen) atoms. The minimum absolute atomic E-state index is 0.0382. The number of alkyl halides is 1. The van der Waals surface area contributed by atoms with Crippen molar-refractivity contribution in [3.8, 4) is 0 Å². The smallest absolute Gasteiger partial charge is 0.306 e. The minimum atomic E-state index is -0.719. The summed E-state index contributed by atoms with van der Waals surface area (Å²) >= 11 is 6.22. The van der Waals surface area contributed by atoms with Gasteiger partial charge in [-0.3, -0.25) is 9.59 Å². The normalized spacial score (nSPS) is 42.1. The third-order valence-electron chi connectivity index (χ3n) is 5.24. The molecule has 0 aromatic heterocycles. The Morgan fingerprint density at radius 1 is 1.14 bits per heavy atom. The van der Waals surface area contributed by atoms with Crippen molar-refractivity contribution in [1.82, 2.24) is 5.32 Å². The molecule has 1 amide bonds. The first kappa shape index (κ1) is 15.7. The lowest BCUT2D eigenvalue weighted by atomic mass is 9.83. The van der Waals surface area contributed by atoms with Gasteiger partial charge in [0.15, 0.2) is 6.04 Å². The van der Waals surface area contributed by atoms with Crippen LogP contribution in [0.15, 0.2) is 10.2 Å². The van der Waals surface area contributed by atoms with E-state index in [1.165, 1.54) is 0 Å². The van der Waals surface area contributed by atoms with E-state index in [9.17, 15) is 9.59 Å². The van der Waals surface area contributed by atoms with Crippen LogP contribution in [0.3, 0.4) is 0 Å². The lowest BCUT2D eigenvalue weighted by Gasteiger charge is -2.28. The number of azo groups is 1. The van der Waals surface area contributed by atoms with Crippen molar-refractivity contribution in [3.63, 3.8) is 0 Å². The van der Waals surface area contributed by atoms with Gasteiger partial charge in [0.05, 0.1) is 12.0 Å². The summed E-state index contributed by atoms with van der Waals surface area (Å²) in [6.07, 6.45) is 5.42. The van der Waals surface area contributed by atoms with Crippen LogP contribution < -0.4 is 5.32 Å². The lowest BCUT2D eigenvalue weighted by Crippen LogP contribution is -2.34. The second kappa shape index (κ2) is 6.52. The van der Waals surface area contributed by atoms with Gasteiger partial charge in [-0.25, -0.2) is 0 Å². The number of rotatable bonds is 3. The van der Waals surface area contributed by atoms with Crippen LogP contribution in [0.1, 0.15) is 44.9 Å². The highest BCUT2D eigenvalue weighted by atomic mass is 35.5. The average molecular weight is 328 g/mol. The molecule has 0 radical (unpaired) electrons. The van der Waals surface area contributed by atoms with E-state index in [0.717, 1.165) is 32.1 Å². The van der Waals surface area contributed by atoms with Gasteiger partial charge in [-0.2, -0.15) is 10.2 Å². The van der Waals surface area contributed by atoms with Crippen LogP contribution in [0.2, 0.25) is 0 Å². The number of carbonyl (C=O) groups is 2. The number of carboxylic acids is 1. The van der Waals surface area contributed by atoms with Gasteiger partial charge in [0, 0.05) is 17.3 Å². The second-order valence-electron chi connectivity index (χ2n) is 6.71. The maximum Gasteiger partial charge on any atom is 0.306 e. The molecule has 1 aliphatic heterocycles. The SMILES string of the molecule is O=C(O)C1CCC(N=NC2C(=O)NC3CCC(Cl)CC32)CC1. The highest BCUT2D eigenvalue weighted by Crippen LogP contribution is 2.36. The Hall–Kier alpha value is -1.17. The molecule has 4 atom stereocenters. The summed E-state index contributed by atoms with van der Waals surface area (Å²) in [7, 11) is 0. The summed E-state index contributed by atoms with van der Waals surface area (Å²) in [5.74, 6) is -0.851. The largest absolute Gasteiger partial charge is 0.481 e. The second-order valence-corrected chi connectivity index (χ2v) is 7.33. The van der Waals surface area contributed by atoms with Gasteiger partial charge in [-0.15, -0.1) is 11.6 Å². The first-order chi connectivity index (χ1) is 10.5. The quantitative estimate of drug-likeness (QED) is 0.615. The summed E-state index contributed by atoms with van der Waals surface area (Å²) in [6.45, 7) is 0. The predicted octanol–water partition coefficient (Wildman–Crippen LogP) is 2.36. The highest BCUT2D eigenvalue weighted by Gasteiger charge is 2.45. The molecule has 0 bridgehead atoms. The number of amides is 1. The number of hydrogen-bond donors (Lipinski definition) is 2. The fourth-order valence-corrected chi connectivity index (χ4v) is 4.22. The zero-order valence-corrected chi connectivity index (χ0v) is 13.2. The third-order valence-corrected chi connectivity index (χ3v) is 5.63. The molecule has 4 unspecified atom stereocenters. The van der Waals surface area contributed by atoms with E-state index in [1.54, 1.807) is 0 Å². The minimum Gasteiger partial charge on any atom is -0.481 e. The molecule has 0 spiro atoms. The van der Waals surface area contributed by atoms with Crippen molar-refractivity contribution in [3.05, 3.63) is 0 Å². The van der Waals surface area contributed by atoms with Crippen molar-refractivity contribution < 1.29 is 14.7 Å². The Morgan fingerprint density at radius 3 is 2.55 bits per heavy atom. The first-order valence-corrected chi connectivity index (χ1v) is 8.55. The van der Waals surface area contributed by atoms with Crippen molar-refractivity contribution in [2.24, 2.45) is 22.1 Å². The van der Waals surface area contributed by atoms with Crippen LogP contribution in [-0.2, 0) is 9.59 Å². The van der Waals surface area contributed by atoms with Crippen molar-refractivity contribution in [1.29, 1.82) is 0 Å². The van der Waals surface area contributed by atoms with Gasteiger partial charge < -0.3 is 10.4 Å². The molecule has 3 rings (SSSR count). The van der Waals surface area contributed by atoms with Crippen molar-refractivity contribution >= 4 is 23.5 Å². The van der Waals surface area contributed by atoms with Crippen molar-refractivity contribution in [2.45, 2.75) is 68.4 Å². The number of nitrogens with one attached hydrogen (secondary N) is 1. The maximum atomic E-state index is 12.1. The van der Waals surface area contributed by atoms with E-state index in [2.05, 4.69) is 15.5 Å². The number of halogens is 1. The molecule has 0 aromatic carbocycles. The van der Waals surface area contributed by atoms with E-state index in [0.29, 0.717) is 12.8 Å². The summed E-state index contributed by atoms with van der Waals surface area (Å²) in [6, 6.07) is -0.171. The Bertz CT molecular complexity index is 477. The topological polar surface area (TPSA) is 91.1 Å². The molecular weight excluding hydrogens is 306 g/mol.